The van der Waals surface area contributed by atoms with Crippen LogP contribution in [0.25, 0.3) is 0 Å². The van der Waals surface area contributed by atoms with Crippen LogP contribution in [0.4, 0.5) is 0 Å². The average molecular weight is 331 g/mol. The first kappa shape index (κ1) is 15.6. The summed E-state index contributed by atoms with van der Waals surface area (Å²) in [5, 5.41) is 18.5. The standard InChI is InChI=1S/C17H21N3O4/c1-22-12-5-2-4-11(8-12)9-18-14-13-10-23-17(24-13)15(16(14)21)20-7-3-6-19-20/h2-8,13-18,21H,9-10H2,1H3/t13-,14-,15-,16+,17-/m1/s1. The van der Waals surface area contributed by atoms with E-state index in [-0.39, 0.29) is 18.2 Å². The van der Waals surface area contributed by atoms with Crippen LogP contribution >= 0.6 is 0 Å². The average Bonchev–Trinajstić information content (AvgIpc) is 3.27. The number of aromatic nitrogens is 2. The number of aliphatic hydroxyl groups is 1. The highest BCUT2D eigenvalue weighted by Gasteiger charge is 2.50. The molecule has 7 nitrogen and oxygen atoms in total. The number of nitrogens with one attached hydrogen (secondary N) is 1. The summed E-state index contributed by atoms with van der Waals surface area (Å²) in [4.78, 5) is 0. The van der Waals surface area contributed by atoms with Crippen LogP contribution < -0.4 is 10.1 Å². The molecule has 1 aromatic carbocycles. The van der Waals surface area contributed by atoms with Gasteiger partial charge in [0.25, 0.3) is 0 Å². The molecule has 0 unspecified atom stereocenters. The largest absolute Gasteiger partial charge is 0.497 e. The van der Waals surface area contributed by atoms with E-state index in [1.54, 1.807) is 18.0 Å². The van der Waals surface area contributed by atoms with Gasteiger partial charge < -0.3 is 24.6 Å². The van der Waals surface area contributed by atoms with Crippen molar-refractivity contribution >= 4 is 0 Å². The molecule has 0 aliphatic carbocycles. The highest BCUT2D eigenvalue weighted by Crippen LogP contribution is 2.35. The third-order valence-electron chi connectivity index (χ3n) is 4.64. The van der Waals surface area contributed by atoms with Crippen LogP contribution in [0.1, 0.15) is 11.6 Å². The van der Waals surface area contributed by atoms with Crippen LogP contribution in [-0.2, 0) is 16.0 Å². The monoisotopic (exact) mass is 331 g/mol. The molecule has 0 amide bonds. The van der Waals surface area contributed by atoms with E-state index in [0.29, 0.717) is 13.2 Å². The Morgan fingerprint density at radius 1 is 1.42 bits per heavy atom. The molecule has 3 heterocycles. The Hall–Kier alpha value is -1.93. The van der Waals surface area contributed by atoms with Crippen molar-refractivity contribution in [3.8, 4) is 5.75 Å². The van der Waals surface area contributed by atoms with E-state index in [9.17, 15) is 5.11 Å². The third-order valence-corrected chi connectivity index (χ3v) is 4.64. The Balaban J connectivity index is 1.49. The Kier molecular flexibility index (Phi) is 4.24. The fourth-order valence-corrected chi connectivity index (χ4v) is 3.41. The molecule has 128 valence electrons. The van der Waals surface area contributed by atoms with Gasteiger partial charge in [0.15, 0.2) is 6.29 Å². The predicted octanol–water partition coefficient (Wildman–Crippen LogP) is 0.707. The van der Waals surface area contributed by atoms with Gasteiger partial charge in [-0.2, -0.15) is 5.10 Å². The Morgan fingerprint density at radius 2 is 2.33 bits per heavy atom. The molecule has 0 radical (unpaired) electrons. The molecule has 0 spiro atoms. The van der Waals surface area contributed by atoms with Crippen LogP contribution in [0.2, 0.25) is 0 Å². The molecule has 2 aliphatic heterocycles. The van der Waals surface area contributed by atoms with Crippen molar-refractivity contribution in [2.45, 2.75) is 37.1 Å². The smallest absolute Gasteiger partial charge is 0.183 e. The number of ether oxygens (including phenoxy) is 3. The summed E-state index contributed by atoms with van der Waals surface area (Å²) < 4.78 is 18.6. The fourth-order valence-electron chi connectivity index (χ4n) is 3.41. The third kappa shape index (κ3) is 2.80. The van der Waals surface area contributed by atoms with Gasteiger partial charge in [-0.15, -0.1) is 0 Å². The summed E-state index contributed by atoms with van der Waals surface area (Å²) in [6.07, 6.45) is 2.23. The molecule has 2 N–H and O–H groups in total. The van der Waals surface area contributed by atoms with Crippen LogP contribution in [0.3, 0.4) is 0 Å². The summed E-state index contributed by atoms with van der Waals surface area (Å²) in [6.45, 7) is 1.07. The first-order chi connectivity index (χ1) is 11.8. The van der Waals surface area contributed by atoms with E-state index in [1.807, 2.05) is 36.5 Å². The summed E-state index contributed by atoms with van der Waals surface area (Å²) >= 11 is 0. The number of rotatable bonds is 5. The minimum Gasteiger partial charge on any atom is -0.497 e. The van der Waals surface area contributed by atoms with Gasteiger partial charge in [-0.25, -0.2) is 0 Å². The lowest BCUT2D eigenvalue weighted by Gasteiger charge is -2.38. The van der Waals surface area contributed by atoms with E-state index in [2.05, 4.69) is 10.4 Å². The van der Waals surface area contributed by atoms with Gasteiger partial charge in [0, 0.05) is 18.9 Å². The number of aliphatic hydroxyl groups excluding tert-OH is 1. The van der Waals surface area contributed by atoms with Gasteiger partial charge >= 0.3 is 0 Å². The first-order valence-corrected chi connectivity index (χ1v) is 8.07. The zero-order chi connectivity index (χ0) is 16.5. The van der Waals surface area contributed by atoms with Gasteiger partial charge in [-0.3, -0.25) is 4.68 Å². The van der Waals surface area contributed by atoms with Crippen LogP contribution in [0, 0.1) is 0 Å². The van der Waals surface area contributed by atoms with Gasteiger partial charge in [-0.1, -0.05) is 12.1 Å². The van der Waals surface area contributed by atoms with Gasteiger partial charge in [-0.05, 0) is 23.8 Å². The zero-order valence-electron chi connectivity index (χ0n) is 13.4. The van der Waals surface area contributed by atoms with Crippen molar-refractivity contribution in [1.29, 1.82) is 0 Å². The SMILES string of the molecule is COc1cccc(CN[C@H]2[C@H](O)[C@@H](n3cccn3)[C@@H]3OC[C@H]2O3)c1. The normalized spacial score (nSPS) is 32.0. The molecule has 2 bridgehead atoms. The van der Waals surface area contributed by atoms with E-state index in [4.69, 9.17) is 14.2 Å². The summed E-state index contributed by atoms with van der Waals surface area (Å²) in [7, 11) is 1.65. The maximum absolute atomic E-state index is 10.9. The molecule has 0 saturated carbocycles. The Bertz CT molecular complexity index is 678. The van der Waals surface area contributed by atoms with E-state index in [1.165, 1.54) is 0 Å². The fraction of sp³-hybridized carbons (Fsp3) is 0.471. The molecule has 7 heteroatoms. The molecule has 1 aromatic heterocycles. The number of fused-ring (bicyclic) bond motifs is 2. The van der Waals surface area contributed by atoms with Crippen LogP contribution in [0.15, 0.2) is 42.7 Å². The second-order valence-corrected chi connectivity index (χ2v) is 6.10. The van der Waals surface area contributed by atoms with Crippen molar-refractivity contribution in [2.75, 3.05) is 13.7 Å². The van der Waals surface area contributed by atoms with Gasteiger partial charge in [0.05, 0.1) is 25.9 Å². The first-order valence-electron chi connectivity index (χ1n) is 8.07. The molecule has 2 aromatic rings. The molecule has 5 atom stereocenters. The minimum absolute atomic E-state index is 0.164. The Morgan fingerprint density at radius 3 is 3.12 bits per heavy atom. The summed E-state index contributed by atoms with van der Waals surface area (Å²) in [6, 6.07) is 9.08. The van der Waals surface area contributed by atoms with Gasteiger partial charge in [0.2, 0.25) is 0 Å². The predicted molar refractivity (Wildman–Crippen MR) is 85.5 cm³/mol. The molecular weight excluding hydrogens is 310 g/mol. The van der Waals surface area contributed by atoms with Crippen LogP contribution in [0.5, 0.6) is 5.75 Å². The van der Waals surface area contributed by atoms with Crippen molar-refractivity contribution < 1.29 is 19.3 Å². The number of methoxy groups -OCH3 is 1. The molecule has 2 saturated heterocycles. The Labute approximate surface area is 140 Å². The maximum atomic E-state index is 10.9. The van der Waals surface area contributed by atoms with Crippen molar-refractivity contribution in [2.24, 2.45) is 0 Å². The van der Waals surface area contributed by atoms with Crippen LogP contribution in [-0.4, -0.2) is 53.1 Å². The lowest BCUT2D eigenvalue weighted by Crippen LogP contribution is -2.57. The molecule has 2 aliphatic rings. The van der Waals surface area contributed by atoms with Gasteiger partial charge in [0.1, 0.15) is 17.9 Å². The van der Waals surface area contributed by atoms with Crippen molar-refractivity contribution in [1.82, 2.24) is 15.1 Å². The second kappa shape index (κ2) is 6.52. The van der Waals surface area contributed by atoms with E-state index < -0.39 is 12.4 Å². The maximum Gasteiger partial charge on any atom is 0.183 e. The quantitative estimate of drug-likeness (QED) is 0.840. The summed E-state index contributed by atoms with van der Waals surface area (Å²) in [5.41, 5.74) is 1.08. The number of hydrogen-bond acceptors (Lipinski definition) is 6. The minimum atomic E-state index is -0.651. The van der Waals surface area contributed by atoms with Crippen molar-refractivity contribution in [3.05, 3.63) is 48.3 Å². The number of benzene rings is 1. The second-order valence-electron chi connectivity index (χ2n) is 6.10. The highest BCUT2D eigenvalue weighted by molar-refractivity contribution is 5.28. The molecule has 4 rings (SSSR count). The lowest BCUT2D eigenvalue weighted by molar-refractivity contribution is -0.168. The topological polar surface area (TPSA) is 77.8 Å². The lowest BCUT2D eigenvalue weighted by atomic mass is 9.96. The van der Waals surface area contributed by atoms with E-state index in [0.717, 1.165) is 11.3 Å². The van der Waals surface area contributed by atoms with E-state index >= 15 is 0 Å². The number of hydrogen-bond donors (Lipinski definition) is 2. The summed E-state index contributed by atoms with van der Waals surface area (Å²) in [5.74, 6) is 0.813. The molecule has 2 fully saturated rings. The molecular formula is C17H21N3O4. The highest BCUT2D eigenvalue weighted by atomic mass is 16.7. The number of nitrogens with zero attached hydrogens (tertiary/aromatic N) is 2. The molecule has 24 heavy (non-hydrogen) atoms. The van der Waals surface area contributed by atoms with Crippen molar-refractivity contribution in [3.63, 3.8) is 0 Å². The zero-order valence-corrected chi connectivity index (χ0v) is 13.4.